The van der Waals surface area contributed by atoms with E-state index in [4.69, 9.17) is 9.15 Å². The van der Waals surface area contributed by atoms with E-state index in [1.54, 1.807) is 6.92 Å². The van der Waals surface area contributed by atoms with E-state index in [0.29, 0.717) is 30.5 Å². The monoisotopic (exact) mass is 316 g/mol. The number of ether oxygens (including phenoxy) is 1. The van der Waals surface area contributed by atoms with Gasteiger partial charge in [0.2, 0.25) is 0 Å². The topological polar surface area (TPSA) is 64.4 Å². The van der Waals surface area contributed by atoms with Crippen LogP contribution < -0.4 is 10.1 Å². The van der Waals surface area contributed by atoms with Gasteiger partial charge >= 0.3 is 0 Å². The van der Waals surface area contributed by atoms with E-state index in [1.807, 2.05) is 38.1 Å². The predicted octanol–water partition coefficient (Wildman–Crippen LogP) is 3.83. The maximum absolute atomic E-state index is 12.2. The summed E-state index contributed by atoms with van der Waals surface area (Å²) in [5.74, 6) is 1.92. The third kappa shape index (κ3) is 4.58. The molecule has 1 aromatic carbocycles. The Morgan fingerprint density at radius 2 is 2.00 bits per heavy atom. The van der Waals surface area contributed by atoms with E-state index in [9.17, 15) is 4.79 Å². The van der Waals surface area contributed by atoms with Crippen molar-refractivity contribution in [1.82, 2.24) is 10.3 Å². The summed E-state index contributed by atoms with van der Waals surface area (Å²) in [4.78, 5) is 16.5. The number of amides is 1. The van der Waals surface area contributed by atoms with Gasteiger partial charge in [0, 0.05) is 12.5 Å². The van der Waals surface area contributed by atoms with Crippen molar-refractivity contribution in [2.24, 2.45) is 0 Å². The zero-order valence-corrected chi connectivity index (χ0v) is 14.2. The van der Waals surface area contributed by atoms with Crippen LogP contribution in [-0.2, 0) is 6.54 Å². The summed E-state index contributed by atoms with van der Waals surface area (Å²) in [6, 6.07) is 7.71. The van der Waals surface area contributed by atoms with Crippen LogP contribution in [0.4, 0.5) is 0 Å². The quantitative estimate of drug-likeness (QED) is 0.843. The first-order chi connectivity index (χ1) is 11.0. The van der Waals surface area contributed by atoms with Crippen molar-refractivity contribution < 1.29 is 13.9 Å². The highest BCUT2D eigenvalue weighted by Crippen LogP contribution is 2.18. The first-order valence-corrected chi connectivity index (χ1v) is 7.98. The molecule has 0 aliphatic rings. The van der Waals surface area contributed by atoms with Gasteiger partial charge in [-0.05, 0) is 31.0 Å². The minimum Gasteiger partial charge on any atom is -0.494 e. The Hall–Kier alpha value is -2.30. The molecule has 0 bridgehead atoms. The molecule has 1 N–H and O–H groups in total. The Bertz CT molecular complexity index is 645. The van der Waals surface area contributed by atoms with Crippen molar-refractivity contribution in [3.8, 4) is 5.75 Å². The number of nitrogens with zero attached hydrogens (tertiary/aromatic N) is 1. The number of nitrogens with one attached hydrogen (secondary N) is 1. The predicted molar refractivity (Wildman–Crippen MR) is 88.7 cm³/mol. The van der Waals surface area contributed by atoms with Crippen LogP contribution in [0.5, 0.6) is 5.75 Å². The molecule has 0 atom stereocenters. The largest absolute Gasteiger partial charge is 0.494 e. The Morgan fingerprint density at radius 1 is 1.30 bits per heavy atom. The fourth-order valence-electron chi connectivity index (χ4n) is 2.06. The van der Waals surface area contributed by atoms with Crippen molar-refractivity contribution in [1.29, 1.82) is 0 Å². The van der Waals surface area contributed by atoms with Gasteiger partial charge in [0.1, 0.15) is 11.5 Å². The van der Waals surface area contributed by atoms with E-state index >= 15 is 0 Å². The van der Waals surface area contributed by atoms with E-state index in [2.05, 4.69) is 17.2 Å². The Labute approximate surface area is 137 Å². The lowest BCUT2D eigenvalue weighted by molar-refractivity contribution is 0.0945. The van der Waals surface area contributed by atoms with Gasteiger partial charge in [-0.15, -0.1) is 0 Å². The number of hydrogen-bond donors (Lipinski definition) is 1. The number of aromatic nitrogens is 1. The first-order valence-electron chi connectivity index (χ1n) is 7.98. The summed E-state index contributed by atoms with van der Waals surface area (Å²) in [7, 11) is 0. The van der Waals surface area contributed by atoms with Crippen LogP contribution >= 0.6 is 0 Å². The van der Waals surface area contributed by atoms with Gasteiger partial charge in [0.15, 0.2) is 11.6 Å². The highest BCUT2D eigenvalue weighted by molar-refractivity contribution is 5.93. The molecule has 1 aromatic heterocycles. The summed E-state index contributed by atoms with van der Waals surface area (Å²) in [5, 5.41) is 2.87. The highest BCUT2D eigenvalue weighted by atomic mass is 16.5. The second-order valence-electron chi connectivity index (χ2n) is 5.79. The number of oxazole rings is 1. The molecule has 124 valence electrons. The summed E-state index contributed by atoms with van der Waals surface area (Å²) in [6.45, 7) is 8.94. The van der Waals surface area contributed by atoms with E-state index in [0.717, 1.165) is 17.7 Å². The molecule has 0 saturated heterocycles. The average Bonchev–Trinajstić information content (AvgIpc) is 2.94. The lowest BCUT2D eigenvalue weighted by atomic mass is 10.2. The Balaban J connectivity index is 1.93. The Morgan fingerprint density at radius 3 is 2.57 bits per heavy atom. The normalized spacial score (nSPS) is 10.8. The fourth-order valence-corrected chi connectivity index (χ4v) is 2.06. The Kier molecular flexibility index (Phi) is 5.79. The lowest BCUT2D eigenvalue weighted by Crippen LogP contribution is -2.23. The minimum atomic E-state index is -0.218. The van der Waals surface area contributed by atoms with Gasteiger partial charge in [0.05, 0.1) is 6.61 Å². The number of carbonyl (C=O) groups excluding carboxylic acids is 1. The van der Waals surface area contributed by atoms with Crippen LogP contribution in [0.25, 0.3) is 0 Å². The lowest BCUT2D eigenvalue weighted by Gasteiger charge is -2.07. The van der Waals surface area contributed by atoms with Crippen LogP contribution in [0.15, 0.2) is 28.7 Å². The second kappa shape index (κ2) is 7.81. The van der Waals surface area contributed by atoms with Gasteiger partial charge < -0.3 is 14.5 Å². The molecule has 0 radical (unpaired) electrons. The maximum Gasteiger partial charge on any atom is 0.273 e. The standard InChI is InChI=1S/C18H24N2O3/c1-5-10-22-15-8-6-14(7-9-15)11-19-17(21)16-13(4)23-18(20-16)12(2)3/h6-9,12H,5,10-11H2,1-4H3,(H,19,21). The molecule has 0 fully saturated rings. The molecule has 23 heavy (non-hydrogen) atoms. The molecule has 2 rings (SSSR count). The number of rotatable bonds is 7. The molecule has 5 heteroatoms. The molecular weight excluding hydrogens is 292 g/mol. The molecule has 5 nitrogen and oxygen atoms in total. The smallest absolute Gasteiger partial charge is 0.273 e. The minimum absolute atomic E-state index is 0.158. The fraction of sp³-hybridized carbons (Fsp3) is 0.444. The SMILES string of the molecule is CCCOc1ccc(CNC(=O)c2nc(C(C)C)oc2C)cc1. The van der Waals surface area contributed by atoms with Crippen LogP contribution in [-0.4, -0.2) is 17.5 Å². The molecule has 0 saturated carbocycles. The van der Waals surface area contributed by atoms with Crippen molar-refractivity contribution >= 4 is 5.91 Å². The van der Waals surface area contributed by atoms with Gasteiger partial charge in [-0.2, -0.15) is 0 Å². The second-order valence-corrected chi connectivity index (χ2v) is 5.79. The number of hydrogen-bond acceptors (Lipinski definition) is 4. The third-order valence-corrected chi connectivity index (χ3v) is 3.37. The summed E-state index contributed by atoms with van der Waals surface area (Å²) < 4.78 is 11.1. The van der Waals surface area contributed by atoms with Gasteiger partial charge in [0.25, 0.3) is 5.91 Å². The molecular formula is C18H24N2O3. The zero-order valence-electron chi connectivity index (χ0n) is 14.2. The van der Waals surface area contributed by atoms with E-state index in [1.165, 1.54) is 0 Å². The average molecular weight is 316 g/mol. The van der Waals surface area contributed by atoms with Crippen LogP contribution in [0, 0.1) is 6.92 Å². The van der Waals surface area contributed by atoms with Crippen molar-refractivity contribution in [2.45, 2.75) is 46.6 Å². The third-order valence-electron chi connectivity index (χ3n) is 3.37. The molecule has 0 aliphatic carbocycles. The summed E-state index contributed by atoms with van der Waals surface area (Å²) >= 11 is 0. The maximum atomic E-state index is 12.2. The van der Waals surface area contributed by atoms with Crippen molar-refractivity contribution in [3.05, 3.63) is 47.2 Å². The molecule has 0 aliphatic heterocycles. The summed E-state index contributed by atoms with van der Waals surface area (Å²) in [5.41, 5.74) is 1.36. The van der Waals surface area contributed by atoms with Crippen LogP contribution in [0.3, 0.4) is 0 Å². The van der Waals surface area contributed by atoms with Gasteiger partial charge in [-0.1, -0.05) is 32.9 Å². The number of carbonyl (C=O) groups is 1. The molecule has 1 amide bonds. The number of aryl methyl sites for hydroxylation is 1. The highest BCUT2D eigenvalue weighted by Gasteiger charge is 2.18. The molecule has 2 aromatic rings. The van der Waals surface area contributed by atoms with Gasteiger partial charge in [-0.25, -0.2) is 4.98 Å². The summed E-state index contributed by atoms with van der Waals surface area (Å²) in [6.07, 6.45) is 0.979. The van der Waals surface area contributed by atoms with E-state index in [-0.39, 0.29) is 11.8 Å². The molecule has 1 heterocycles. The first kappa shape index (κ1) is 17.1. The van der Waals surface area contributed by atoms with Crippen LogP contribution in [0.1, 0.15) is 60.8 Å². The van der Waals surface area contributed by atoms with Crippen LogP contribution in [0.2, 0.25) is 0 Å². The zero-order chi connectivity index (χ0) is 16.8. The number of benzene rings is 1. The molecule has 0 unspecified atom stereocenters. The van der Waals surface area contributed by atoms with Gasteiger partial charge in [-0.3, -0.25) is 4.79 Å². The molecule has 0 spiro atoms. The van der Waals surface area contributed by atoms with Crippen molar-refractivity contribution in [2.75, 3.05) is 6.61 Å². The van der Waals surface area contributed by atoms with E-state index < -0.39 is 0 Å². The van der Waals surface area contributed by atoms with Crippen molar-refractivity contribution in [3.63, 3.8) is 0 Å².